The molecule has 0 fully saturated rings. The summed E-state index contributed by atoms with van der Waals surface area (Å²) in [6, 6.07) is 29.8. The number of nitrogens with one attached hydrogen (secondary N) is 6. The number of urea groups is 2. The molecule has 0 saturated heterocycles. The van der Waals surface area contributed by atoms with Crippen molar-refractivity contribution in [1.29, 1.82) is 5.26 Å². The number of carbonyl (C=O) groups excluding carboxylic acids is 2. The Morgan fingerprint density at radius 1 is 0.656 bits per heavy atom. The van der Waals surface area contributed by atoms with Crippen molar-refractivity contribution in [3.63, 3.8) is 0 Å². The number of amides is 4. The number of nitrogens with zero attached hydrogens (tertiary/aromatic N) is 5. The summed E-state index contributed by atoms with van der Waals surface area (Å²) >= 11 is 0. The van der Waals surface area contributed by atoms with E-state index >= 15 is 0 Å². The van der Waals surface area contributed by atoms with Crippen molar-refractivity contribution < 1.29 is 28.2 Å². The molecule has 0 bridgehead atoms. The summed E-state index contributed by atoms with van der Waals surface area (Å²) in [5, 5.41) is 21.5. The molecule has 13 nitrogen and oxygen atoms in total. The molecule has 64 heavy (non-hydrogen) atoms. The summed E-state index contributed by atoms with van der Waals surface area (Å²) in [6.45, 7) is -2.76. The second-order valence-electron chi connectivity index (χ2n) is 14.7. The average molecular weight is 864 g/mol. The van der Waals surface area contributed by atoms with Crippen LogP contribution in [0.2, 0.25) is 0 Å². The van der Waals surface area contributed by atoms with Crippen LogP contribution in [-0.2, 0) is 32.0 Å². The lowest BCUT2D eigenvalue weighted by molar-refractivity contribution is -0.137. The standard InChI is InChI=1S/C24H20F3N5O.C24H20N6O/c25-24(26,27)16-6-8-17(9-7-16)30-23(33)31-20-4-1-5-21-19(20)10-12-32(21)14-15-13-29-22-18(15)3-2-11-28-22;25-13-16-5-1-2-7-20(16)28-24(31)29-21-8-3-9-22-19(21)10-12-30(22)15-17-14-27-23-18(17)6-4-11-26-23/h1-9,11,13H,10,12,14H2,(H,28,29)(H2,30,31,33);1-9,11,14H,10,12,15H2,(H,26,27)(H2,28,29,31)/i14D2;15D2. The first-order valence-electron chi connectivity index (χ1n) is 22.1. The molecule has 0 unspecified atom stereocenters. The Hall–Kier alpha value is -8.32. The molecule has 0 aliphatic carbocycles. The molecule has 2 aliphatic rings. The van der Waals surface area contributed by atoms with E-state index in [1.165, 1.54) is 12.1 Å². The lowest BCUT2D eigenvalue weighted by atomic mass is 10.1. The zero-order valence-corrected chi connectivity index (χ0v) is 33.7. The van der Waals surface area contributed by atoms with Crippen molar-refractivity contribution in [3.05, 3.63) is 167 Å². The Morgan fingerprint density at radius 3 is 1.69 bits per heavy atom. The fourth-order valence-corrected chi connectivity index (χ4v) is 7.72. The number of alkyl halides is 3. The van der Waals surface area contributed by atoms with Gasteiger partial charge in [-0.2, -0.15) is 18.4 Å². The van der Waals surface area contributed by atoms with Gasteiger partial charge in [-0.15, -0.1) is 0 Å². The number of aromatic amines is 2. The van der Waals surface area contributed by atoms with Crippen molar-refractivity contribution in [2.45, 2.75) is 32.0 Å². The van der Waals surface area contributed by atoms with Gasteiger partial charge in [-0.05, 0) is 109 Å². The van der Waals surface area contributed by atoms with Crippen LogP contribution in [0.25, 0.3) is 22.1 Å². The van der Waals surface area contributed by atoms with Gasteiger partial charge in [0.15, 0.2) is 0 Å². The van der Waals surface area contributed by atoms with E-state index in [2.05, 4.69) is 47.3 Å². The third kappa shape index (κ3) is 8.72. The van der Waals surface area contributed by atoms with Gasteiger partial charge < -0.3 is 41.0 Å². The molecule has 4 aromatic carbocycles. The first-order valence-corrected chi connectivity index (χ1v) is 20.1. The van der Waals surface area contributed by atoms with Gasteiger partial charge in [0.1, 0.15) is 17.4 Å². The average Bonchev–Trinajstić information content (AvgIpc) is 4.15. The van der Waals surface area contributed by atoms with E-state index in [0.29, 0.717) is 82.1 Å². The Balaban J connectivity index is 0.000000170. The molecular formula is C48H40F3N11O2. The third-order valence-electron chi connectivity index (χ3n) is 10.7. The number of aromatic nitrogens is 4. The largest absolute Gasteiger partial charge is 0.416 e. The molecule has 0 atom stereocenters. The number of nitriles is 1. The number of fused-ring (bicyclic) bond motifs is 4. The number of pyridine rings is 2. The van der Waals surface area contributed by atoms with E-state index in [0.717, 1.165) is 34.3 Å². The summed E-state index contributed by atoms with van der Waals surface area (Å²) in [6.07, 6.45) is 3.23. The quantitative estimate of drug-likeness (QED) is 0.0883. The normalized spacial score (nSPS) is 14.2. The fraction of sp³-hybridized carbons (Fsp3) is 0.146. The van der Waals surface area contributed by atoms with Gasteiger partial charge in [-0.1, -0.05) is 24.3 Å². The molecule has 16 heteroatoms. The van der Waals surface area contributed by atoms with E-state index < -0.39 is 36.8 Å². The minimum atomic E-state index is -4.45. The number of carbonyl (C=O) groups is 2. The first kappa shape index (κ1) is 36.3. The third-order valence-corrected chi connectivity index (χ3v) is 10.7. The molecule has 8 aromatic rings. The second-order valence-corrected chi connectivity index (χ2v) is 14.7. The predicted molar refractivity (Wildman–Crippen MR) is 242 cm³/mol. The Bertz CT molecular complexity index is 3240. The molecule has 0 saturated carbocycles. The van der Waals surface area contributed by atoms with E-state index in [1.54, 1.807) is 101 Å². The lowest BCUT2D eigenvalue weighted by Crippen LogP contribution is -2.21. The van der Waals surface area contributed by atoms with Crippen molar-refractivity contribution in [1.82, 2.24) is 19.9 Å². The van der Waals surface area contributed by atoms with E-state index in [1.807, 2.05) is 18.2 Å². The van der Waals surface area contributed by atoms with Crippen LogP contribution in [0, 0.1) is 11.3 Å². The highest BCUT2D eigenvalue weighted by Gasteiger charge is 2.30. The second kappa shape index (κ2) is 17.6. The summed E-state index contributed by atoms with van der Waals surface area (Å²) < 4.78 is 73.8. The number of rotatable bonds is 8. The molecule has 10 rings (SSSR count). The number of H-pyrrole nitrogens is 2. The van der Waals surface area contributed by atoms with Crippen LogP contribution in [0.15, 0.2) is 134 Å². The topological polar surface area (TPSA) is 170 Å². The molecular weight excluding hydrogens is 820 g/mol. The van der Waals surface area contributed by atoms with Crippen LogP contribution < -0.4 is 31.1 Å². The van der Waals surface area contributed by atoms with Gasteiger partial charge in [-0.25, -0.2) is 19.6 Å². The maximum absolute atomic E-state index is 12.7. The number of halogens is 3. The van der Waals surface area contributed by atoms with Crippen molar-refractivity contribution in [3.8, 4) is 6.07 Å². The SMILES string of the molecule is [2H]C([2H])(c1c[nH]c2ncccc12)N1CCc2c(NC(=O)Nc3ccc(C(F)(F)F)cc3)cccc21.[2H]C([2H])(c1c[nH]c2ncccc12)N1CCc2c(NC(=O)Nc3ccccc3C#N)cccc21. The van der Waals surface area contributed by atoms with Crippen LogP contribution >= 0.6 is 0 Å². The van der Waals surface area contributed by atoms with E-state index in [9.17, 15) is 28.0 Å². The number of hydrogen-bond donors (Lipinski definition) is 6. The Labute approximate surface area is 370 Å². The van der Waals surface area contributed by atoms with Crippen molar-refractivity contribution >= 4 is 68.3 Å². The summed E-state index contributed by atoms with van der Waals surface area (Å²) in [5.41, 5.74) is 6.57. The van der Waals surface area contributed by atoms with Gasteiger partial charge in [-0.3, -0.25) is 0 Å². The van der Waals surface area contributed by atoms with Crippen molar-refractivity contribution in [2.75, 3.05) is 44.2 Å². The molecule has 6 heterocycles. The lowest BCUT2D eigenvalue weighted by Gasteiger charge is -2.19. The molecule has 4 amide bonds. The van der Waals surface area contributed by atoms with Crippen molar-refractivity contribution in [2.24, 2.45) is 0 Å². The molecule has 4 aromatic heterocycles. The molecule has 0 radical (unpaired) electrons. The fourth-order valence-electron chi connectivity index (χ4n) is 7.72. The molecule has 0 spiro atoms. The van der Waals surface area contributed by atoms with Crippen LogP contribution in [0.4, 0.5) is 56.9 Å². The highest BCUT2D eigenvalue weighted by atomic mass is 19.4. The van der Waals surface area contributed by atoms with E-state index in [-0.39, 0.29) is 5.69 Å². The van der Waals surface area contributed by atoms with Crippen LogP contribution in [0.1, 0.15) is 38.9 Å². The number of anilines is 6. The first-order chi connectivity index (χ1) is 32.6. The van der Waals surface area contributed by atoms with Gasteiger partial charge in [0.25, 0.3) is 0 Å². The van der Waals surface area contributed by atoms with Crippen LogP contribution in [0.5, 0.6) is 0 Å². The van der Waals surface area contributed by atoms with E-state index in [4.69, 9.17) is 5.48 Å². The Morgan fingerprint density at radius 2 is 1.16 bits per heavy atom. The monoisotopic (exact) mass is 863 g/mol. The van der Waals surface area contributed by atoms with Crippen LogP contribution in [-0.4, -0.2) is 45.1 Å². The molecule has 2 aliphatic heterocycles. The zero-order valence-electron chi connectivity index (χ0n) is 37.7. The highest BCUT2D eigenvalue weighted by Crippen LogP contribution is 2.37. The summed E-state index contributed by atoms with van der Waals surface area (Å²) in [7, 11) is 0. The predicted octanol–water partition coefficient (Wildman–Crippen LogP) is 10.4. The minimum Gasteiger partial charge on any atom is -0.367 e. The van der Waals surface area contributed by atoms with Gasteiger partial charge >= 0.3 is 18.2 Å². The zero-order chi connectivity index (χ0) is 47.8. The number of benzene rings is 4. The van der Waals surface area contributed by atoms with Gasteiger partial charge in [0.05, 0.1) is 22.3 Å². The molecule has 6 N–H and O–H groups in total. The summed E-state index contributed by atoms with van der Waals surface area (Å²) in [4.78, 5) is 43.1. The Kier molecular flexibility index (Phi) is 9.98. The maximum Gasteiger partial charge on any atom is 0.416 e. The number of para-hydroxylation sites is 1. The minimum absolute atomic E-state index is 0.217. The van der Waals surface area contributed by atoms with Gasteiger partial charge in [0, 0.05) is 101 Å². The van der Waals surface area contributed by atoms with Gasteiger partial charge in [0.2, 0.25) is 0 Å². The highest BCUT2D eigenvalue weighted by molar-refractivity contribution is 6.02. The summed E-state index contributed by atoms with van der Waals surface area (Å²) in [5.74, 6) is 0. The molecule has 320 valence electrons. The maximum atomic E-state index is 12.7. The van der Waals surface area contributed by atoms with Crippen LogP contribution in [0.3, 0.4) is 0 Å². The smallest absolute Gasteiger partial charge is 0.367 e. The number of hydrogen-bond acceptors (Lipinski definition) is 7.